The van der Waals surface area contributed by atoms with E-state index in [2.05, 4.69) is 29.0 Å². The first kappa shape index (κ1) is 22.3. The second-order valence-corrected chi connectivity index (χ2v) is 10.7. The number of fused-ring (bicyclic) bond motifs is 1. The first-order valence-electron chi connectivity index (χ1n) is 11.1. The van der Waals surface area contributed by atoms with Crippen LogP contribution in [0.15, 0.2) is 12.1 Å². The fraction of sp³-hybridized carbons (Fsp3) is 0.652. The third-order valence-corrected chi connectivity index (χ3v) is 7.03. The van der Waals surface area contributed by atoms with E-state index in [1.165, 1.54) is 18.3 Å². The minimum atomic E-state index is -0.302. The largest absolute Gasteiger partial charge is 0.487 e. The summed E-state index contributed by atoms with van der Waals surface area (Å²) >= 11 is 1.41. The smallest absolute Gasteiger partial charge is 0.217 e. The minimum Gasteiger partial charge on any atom is -0.487 e. The first-order valence-corrected chi connectivity index (χ1v) is 11.9. The lowest BCUT2D eigenvalue weighted by Gasteiger charge is -2.45. The van der Waals surface area contributed by atoms with E-state index in [9.17, 15) is 4.79 Å². The van der Waals surface area contributed by atoms with E-state index in [0.29, 0.717) is 28.0 Å². The van der Waals surface area contributed by atoms with Gasteiger partial charge in [0, 0.05) is 26.1 Å². The van der Waals surface area contributed by atoms with Crippen LogP contribution in [0.4, 0.5) is 9.52 Å². The van der Waals surface area contributed by atoms with Crippen LogP contribution in [0.3, 0.4) is 0 Å². The number of hydrogen-bond acceptors (Lipinski definition) is 6. The van der Waals surface area contributed by atoms with Gasteiger partial charge < -0.3 is 19.7 Å². The van der Waals surface area contributed by atoms with Crippen molar-refractivity contribution in [1.82, 2.24) is 10.3 Å². The molecule has 6 nitrogen and oxygen atoms in total. The highest BCUT2D eigenvalue weighted by Crippen LogP contribution is 2.40. The van der Waals surface area contributed by atoms with Gasteiger partial charge in [-0.1, -0.05) is 25.2 Å². The number of carbonyl (C=O) groups excluding carboxylic acids is 1. The number of thiazole rings is 1. The Bertz CT molecular complexity index is 932. The van der Waals surface area contributed by atoms with Crippen molar-refractivity contribution in [2.45, 2.75) is 71.6 Å². The zero-order valence-electron chi connectivity index (χ0n) is 18.7. The van der Waals surface area contributed by atoms with Crippen molar-refractivity contribution < 1.29 is 18.7 Å². The van der Waals surface area contributed by atoms with E-state index in [-0.39, 0.29) is 30.0 Å². The van der Waals surface area contributed by atoms with E-state index in [1.807, 2.05) is 13.0 Å². The molecule has 2 aromatic rings. The molecule has 31 heavy (non-hydrogen) atoms. The molecule has 1 aliphatic heterocycles. The molecule has 0 unspecified atom stereocenters. The number of benzene rings is 1. The number of nitrogens with zero attached hydrogens (tertiary/aromatic N) is 2. The van der Waals surface area contributed by atoms with Gasteiger partial charge in [-0.25, -0.2) is 9.37 Å². The topological polar surface area (TPSA) is 63.7 Å². The van der Waals surface area contributed by atoms with Crippen molar-refractivity contribution in [3.8, 4) is 5.75 Å². The first-order chi connectivity index (χ1) is 14.7. The Balaban J connectivity index is 1.31. The second-order valence-electron chi connectivity index (χ2n) is 9.69. The third kappa shape index (κ3) is 5.29. The molecule has 1 aromatic heterocycles. The van der Waals surface area contributed by atoms with E-state index in [4.69, 9.17) is 9.47 Å². The highest BCUT2D eigenvalue weighted by molar-refractivity contribution is 7.22. The van der Waals surface area contributed by atoms with E-state index >= 15 is 4.39 Å². The Hall–Kier alpha value is -1.93. The number of rotatable bonds is 7. The average Bonchev–Trinajstić information content (AvgIpc) is 3.12. The second kappa shape index (κ2) is 8.90. The third-order valence-electron chi connectivity index (χ3n) is 5.91. The predicted molar refractivity (Wildman–Crippen MR) is 121 cm³/mol. The average molecular weight is 450 g/mol. The molecule has 2 aliphatic rings. The number of halogens is 1. The van der Waals surface area contributed by atoms with Crippen LogP contribution in [-0.4, -0.2) is 48.8 Å². The Labute approximate surface area is 187 Å². The molecule has 170 valence electrons. The molecule has 2 heterocycles. The molecule has 0 bridgehead atoms. The summed E-state index contributed by atoms with van der Waals surface area (Å²) in [7, 11) is 0. The molecular formula is C23H32FN3O3S. The van der Waals surface area contributed by atoms with Crippen molar-refractivity contribution in [3.63, 3.8) is 0 Å². The molecule has 1 aromatic carbocycles. The molecule has 1 aliphatic carbocycles. The van der Waals surface area contributed by atoms with Gasteiger partial charge in [-0.3, -0.25) is 4.79 Å². The molecule has 4 rings (SSSR count). The summed E-state index contributed by atoms with van der Waals surface area (Å²) in [6.45, 7) is 10.3. The Morgan fingerprint density at radius 3 is 2.61 bits per heavy atom. The van der Waals surface area contributed by atoms with Crippen molar-refractivity contribution in [1.29, 1.82) is 0 Å². The van der Waals surface area contributed by atoms with Crippen LogP contribution >= 0.6 is 11.3 Å². The van der Waals surface area contributed by atoms with Gasteiger partial charge in [0.1, 0.15) is 0 Å². The van der Waals surface area contributed by atoms with Gasteiger partial charge in [0.05, 0.1) is 29.0 Å². The standard InChI is InChI=1S/C23H32FN3O3S/c1-14(25-15(2)28)11-29-16-5-7-17(8-6-16)30-19-10-9-18-21(20(19)24)31-22(26-18)27-12-23(3,4)13-27/h9-10,14,16-17H,5-8,11-13H2,1-4H3,(H,25,28)/t14-,16?,17?/m0/s1. The fourth-order valence-corrected chi connectivity index (χ4v) is 5.44. The minimum absolute atomic E-state index is 0.000993. The van der Waals surface area contributed by atoms with Crippen molar-refractivity contribution in [2.24, 2.45) is 5.41 Å². The maximum atomic E-state index is 15.1. The van der Waals surface area contributed by atoms with Gasteiger partial charge in [-0.05, 0) is 50.2 Å². The Kier molecular flexibility index (Phi) is 6.40. The van der Waals surface area contributed by atoms with Crippen molar-refractivity contribution in [2.75, 3.05) is 24.6 Å². The van der Waals surface area contributed by atoms with Gasteiger partial charge in [0.15, 0.2) is 16.7 Å². The van der Waals surface area contributed by atoms with Crippen LogP contribution in [0.5, 0.6) is 5.75 Å². The van der Waals surface area contributed by atoms with Crippen LogP contribution in [0.2, 0.25) is 0 Å². The number of hydrogen-bond donors (Lipinski definition) is 1. The SMILES string of the molecule is CC(=O)N[C@@H](C)COC1CCC(Oc2ccc3nc(N4CC(C)(C)C4)sc3c2F)CC1. The lowest BCUT2D eigenvalue weighted by molar-refractivity contribution is -0.120. The summed E-state index contributed by atoms with van der Waals surface area (Å²) in [6.07, 6.45) is 3.55. The number of aromatic nitrogens is 1. The van der Waals surface area contributed by atoms with Gasteiger partial charge in [0.2, 0.25) is 5.91 Å². The van der Waals surface area contributed by atoms with E-state index < -0.39 is 0 Å². The Morgan fingerprint density at radius 1 is 1.29 bits per heavy atom. The zero-order valence-corrected chi connectivity index (χ0v) is 19.6. The van der Waals surface area contributed by atoms with Gasteiger partial charge in [0.25, 0.3) is 0 Å². The molecule has 0 spiro atoms. The molecule has 2 fully saturated rings. The van der Waals surface area contributed by atoms with Crippen LogP contribution < -0.4 is 15.0 Å². The monoisotopic (exact) mass is 449 g/mol. The quantitative estimate of drug-likeness (QED) is 0.674. The Morgan fingerprint density at radius 2 is 1.97 bits per heavy atom. The highest BCUT2D eigenvalue weighted by atomic mass is 32.1. The van der Waals surface area contributed by atoms with Crippen molar-refractivity contribution in [3.05, 3.63) is 17.9 Å². The molecule has 1 N–H and O–H groups in total. The molecule has 8 heteroatoms. The fourth-order valence-electron chi connectivity index (χ4n) is 4.44. The molecule has 0 radical (unpaired) electrons. The van der Waals surface area contributed by atoms with Crippen molar-refractivity contribution >= 4 is 32.6 Å². The summed E-state index contributed by atoms with van der Waals surface area (Å²) in [4.78, 5) is 17.9. The molecule has 1 saturated heterocycles. The van der Waals surface area contributed by atoms with Gasteiger partial charge in [-0.15, -0.1) is 0 Å². The lowest BCUT2D eigenvalue weighted by atomic mass is 9.85. The van der Waals surface area contributed by atoms with Gasteiger partial charge >= 0.3 is 0 Å². The summed E-state index contributed by atoms with van der Waals surface area (Å²) in [5, 5.41) is 3.71. The maximum absolute atomic E-state index is 15.1. The summed E-state index contributed by atoms with van der Waals surface area (Å²) in [6, 6.07) is 3.56. The molecule has 1 amide bonds. The van der Waals surface area contributed by atoms with Crippen LogP contribution in [0.1, 0.15) is 53.4 Å². The number of amides is 1. The normalized spacial score (nSPS) is 24.0. The van der Waals surface area contributed by atoms with E-state index in [1.54, 1.807) is 6.07 Å². The number of nitrogens with one attached hydrogen (secondary N) is 1. The highest BCUT2D eigenvalue weighted by Gasteiger charge is 2.36. The predicted octanol–water partition coefficient (Wildman–Crippen LogP) is 4.51. The van der Waals surface area contributed by atoms with Crippen LogP contribution in [0, 0.1) is 11.2 Å². The summed E-state index contributed by atoms with van der Waals surface area (Å²) < 4.78 is 27.7. The number of ether oxygens (including phenoxy) is 2. The molecular weight excluding hydrogens is 417 g/mol. The molecule has 1 atom stereocenters. The summed E-state index contributed by atoms with van der Waals surface area (Å²) in [5.41, 5.74) is 0.995. The lowest BCUT2D eigenvalue weighted by Crippen LogP contribution is -2.53. The number of carbonyl (C=O) groups is 1. The molecule has 1 saturated carbocycles. The summed E-state index contributed by atoms with van der Waals surface area (Å²) in [5.74, 6) is -0.0344. The van der Waals surface area contributed by atoms with Crippen LogP contribution in [-0.2, 0) is 9.53 Å². The maximum Gasteiger partial charge on any atom is 0.217 e. The number of anilines is 1. The van der Waals surface area contributed by atoms with E-state index in [0.717, 1.165) is 43.9 Å². The zero-order chi connectivity index (χ0) is 22.2. The van der Waals surface area contributed by atoms with Crippen LogP contribution in [0.25, 0.3) is 10.2 Å². The van der Waals surface area contributed by atoms with Gasteiger partial charge in [-0.2, -0.15) is 0 Å².